The number of nitrogens with one attached hydrogen (secondary N) is 1. The van der Waals surface area contributed by atoms with Crippen LogP contribution in [0.4, 0.5) is 0 Å². The lowest BCUT2D eigenvalue weighted by Crippen LogP contribution is -2.36. The zero-order valence-electron chi connectivity index (χ0n) is 16.7. The summed E-state index contributed by atoms with van der Waals surface area (Å²) in [6.45, 7) is 5.31. The van der Waals surface area contributed by atoms with Crippen molar-refractivity contribution in [1.29, 1.82) is 0 Å². The number of benzene rings is 1. The second kappa shape index (κ2) is 8.77. The molecule has 3 rings (SSSR count). The van der Waals surface area contributed by atoms with Crippen LogP contribution in [0.3, 0.4) is 0 Å². The third-order valence-electron chi connectivity index (χ3n) is 4.84. The summed E-state index contributed by atoms with van der Waals surface area (Å²) in [6, 6.07) is 5.72. The van der Waals surface area contributed by atoms with E-state index in [-0.39, 0.29) is 5.91 Å². The average Bonchev–Trinajstić information content (AvgIpc) is 3.34. The van der Waals surface area contributed by atoms with Crippen molar-refractivity contribution in [1.82, 2.24) is 15.1 Å². The molecule has 1 unspecified atom stereocenters. The van der Waals surface area contributed by atoms with Crippen LogP contribution >= 0.6 is 0 Å². The molecule has 1 aromatic heterocycles. The molecule has 1 N–H and O–H groups in total. The Balaban J connectivity index is 1.50. The normalized spacial score (nSPS) is 15.7. The number of amides is 1. The van der Waals surface area contributed by atoms with Gasteiger partial charge in [-0.25, -0.2) is 0 Å². The highest BCUT2D eigenvalue weighted by Crippen LogP contribution is 2.27. The van der Waals surface area contributed by atoms with Crippen molar-refractivity contribution >= 4 is 11.6 Å². The first-order valence-corrected chi connectivity index (χ1v) is 9.31. The predicted octanol–water partition coefficient (Wildman–Crippen LogP) is 2.08. The number of aryl methyl sites for hydroxylation is 1. The van der Waals surface area contributed by atoms with Crippen LogP contribution in [0.15, 0.2) is 29.6 Å². The van der Waals surface area contributed by atoms with Gasteiger partial charge in [-0.3, -0.25) is 9.48 Å². The Labute approximate surface area is 164 Å². The summed E-state index contributed by atoms with van der Waals surface area (Å²) in [5.41, 5.74) is 3.77. The van der Waals surface area contributed by atoms with Gasteiger partial charge in [0.15, 0.2) is 11.5 Å². The molecule has 0 saturated heterocycles. The van der Waals surface area contributed by atoms with Gasteiger partial charge in [0.1, 0.15) is 0 Å². The number of hydrogen-bond acceptors (Lipinski definition) is 6. The molecule has 0 radical (unpaired) electrons. The molecular formula is C20H26N4O4. The lowest BCUT2D eigenvalue weighted by molar-refractivity contribution is -0.131. The van der Waals surface area contributed by atoms with Crippen molar-refractivity contribution in [3.63, 3.8) is 0 Å². The van der Waals surface area contributed by atoms with Gasteiger partial charge in [0.25, 0.3) is 5.91 Å². The molecule has 0 bridgehead atoms. The number of carbonyl (C=O) groups excluding carboxylic acids is 1. The van der Waals surface area contributed by atoms with E-state index in [9.17, 15) is 4.79 Å². The maximum Gasteiger partial charge on any atom is 0.264 e. The highest BCUT2D eigenvalue weighted by atomic mass is 16.6. The zero-order chi connectivity index (χ0) is 20.1. The molecule has 150 valence electrons. The van der Waals surface area contributed by atoms with Crippen molar-refractivity contribution in [2.75, 3.05) is 20.8 Å². The fourth-order valence-electron chi connectivity index (χ4n) is 3.21. The van der Waals surface area contributed by atoms with Crippen LogP contribution in [-0.4, -0.2) is 48.3 Å². The SMILES string of the molecule is CCn1ncc(C2=NOC(C(=O)NCCc3ccc(OC)c(OC)c3)C2)c1C. The first-order chi connectivity index (χ1) is 13.6. The van der Waals surface area contributed by atoms with Crippen LogP contribution in [0.25, 0.3) is 0 Å². The van der Waals surface area contributed by atoms with Crippen molar-refractivity contribution in [2.24, 2.45) is 5.16 Å². The van der Waals surface area contributed by atoms with Gasteiger partial charge in [-0.2, -0.15) is 5.10 Å². The standard InChI is InChI=1S/C20H26N4O4/c1-5-24-13(2)15(12-22-24)16-11-19(28-23-16)20(25)21-9-8-14-6-7-17(26-3)18(10-14)27-4/h6-7,10,12,19H,5,8-9,11H2,1-4H3,(H,21,25). The molecule has 0 fully saturated rings. The Hall–Kier alpha value is -3.03. The largest absolute Gasteiger partial charge is 0.493 e. The molecule has 28 heavy (non-hydrogen) atoms. The molecule has 1 aliphatic heterocycles. The van der Waals surface area contributed by atoms with Crippen molar-refractivity contribution in [2.45, 2.75) is 39.3 Å². The molecule has 2 heterocycles. The number of nitrogens with zero attached hydrogens (tertiary/aromatic N) is 3. The summed E-state index contributed by atoms with van der Waals surface area (Å²) in [5, 5.41) is 11.3. The van der Waals surface area contributed by atoms with E-state index in [1.807, 2.05) is 36.7 Å². The molecule has 1 aliphatic rings. The number of oxime groups is 1. The Bertz CT molecular complexity index is 875. The van der Waals surface area contributed by atoms with Gasteiger partial charge in [0.05, 0.1) is 26.1 Å². The number of ether oxygens (including phenoxy) is 2. The van der Waals surface area contributed by atoms with Gasteiger partial charge >= 0.3 is 0 Å². The summed E-state index contributed by atoms with van der Waals surface area (Å²) in [4.78, 5) is 17.8. The average molecular weight is 386 g/mol. The minimum absolute atomic E-state index is 0.167. The lowest BCUT2D eigenvalue weighted by Gasteiger charge is -2.11. The van der Waals surface area contributed by atoms with Gasteiger partial charge in [-0.05, 0) is 38.0 Å². The maximum absolute atomic E-state index is 12.4. The van der Waals surface area contributed by atoms with Crippen molar-refractivity contribution < 1.29 is 19.1 Å². The first kappa shape index (κ1) is 19.7. The molecule has 1 amide bonds. The third kappa shape index (κ3) is 4.11. The third-order valence-corrected chi connectivity index (χ3v) is 4.84. The first-order valence-electron chi connectivity index (χ1n) is 9.31. The molecule has 1 atom stereocenters. The summed E-state index contributed by atoms with van der Waals surface area (Å²) >= 11 is 0. The van der Waals surface area contributed by atoms with E-state index in [1.54, 1.807) is 20.4 Å². The smallest absolute Gasteiger partial charge is 0.264 e. The summed E-state index contributed by atoms with van der Waals surface area (Å²) in [7, 11) is 3.20. The Morgan fingerprint density at radius 1 is 1.32 bits per heavy atom. The summed E-state index contributed by atoms with van der Waals surface area (Å²) in [6.07, 6.45) is 2.29. The Morgan fingerprint density at radius 2 is 2.11 bits per heavy atom. The van der Waals surface area contributed by atoms with Crippen LogP contribution in [0.1, 0.15) is 30.2 Å². The van der Waals surface area contributed by atoms with Gasteiger partial charge in [0.2, 0.25) is 6.10 Å². The van der Waals surface area contributed by atoms with E-state index in [4.69, 9.17) is 14.3 Å². The molecule has 0 saturated carbocycles. The molecule has 1 aromatic carbocycles. The maximum atomic E-state index is 12.4. The molecule has 0 spiro atoms. The highest BCUT2D eigenvalue weighted by Gasteiger charge is 2.30. The van der Waals surface area contributed by atoms with E-state index < -0.39 is 6.10 Å². The van der Waals surface area contributed by atoms with E-state index in [0.717, 1.165) is 29.1 Å². The fraction of sp³-hybridized carbons (Fsp3) is 0.450. The number of aromatic nitrogens is 2. The monoisotopic (exact) mass is 386 g/mol. The number of methoxy groups -OCH3 is 2. The van der Waals surface area contributed by atoms with Gasteiger partial charge < -0.3 is 19.6 Å². The van der Waals surface area contributed by atoms with Gasteiger partial charge in [-0.15, -0.1) is 0 Å². The van der Waals surface area contributed by atoms with E-state index in [1.165, 1.54) is 0 Å². The van der Waals surface area contributed by atoms with Gasteiger partial charge in [-0.1, -0.05) is 11.2 Å². The number of carbonyl (C=O) groups is 1. The van der Waals surface area contributed by atoms with Gasteiger partial charge in [0, 0.05) is 30.8 Å². The second-order valence-electron chi connectivity index (χ2n) is 6.53. The second-order valence-corrected chi connectivity index (χ2v) is 6.53. The predicted molar refractivity (Wildman–Crippen MR) is 105 cm³/mol. The number of rotatable bonds is 8. The van der Waals surface area contributed by atoms with Crippen molar-refractivity contribution in [3.8, 4) is 11.5 Å². The minimum atomic E-state index is -0.607. The van der Waals surface area contributed by atoms with Crippen LogP contribution in [0.2, 0.25) is 0 Å². The summed E-state index contributed by atoms with van der Waals surface area (Å²) < 4.78 is 12.4. The highest BCUT2D eigenvalue weighted by molar-refractivity contribution is 6.04. The van der Waals surface area contributed by atoms with E-state index in [0.29, 0.717) is 30.9 Å². The van der Waals surface area contributed by atoms with Crippen LogP contribution in [0.5, 0.6) is 11.5 Å². The van der Waals surface area contributed by atoms with Crippen molar-refractivity contribution in [3.05, 3.63) is 41.2 Å². The quantitative estimate of drug-likeness (QED) is 0.751. The van der Waals surface area contributed by atoms with E-state index in [2.05, 4.69) is 15.6 Å². The zero-order valence-corrected chi connectivity index (χ0v) is 16.7. The Morgan fingerprint density at radius 3 is 2.79 bits per heavy atom. The van der Waals surface area contributed by atoms with E-state index >= 15 is 0 Å². The minimum Gasteiger partial charge on any atom is -0.493 e. The molecular weight excluding hydrogens is 360 g/mol. The van der Waals surface area contributed by atoms with Crippen LogP contribution in [-0.2, 0) is 22.6 Å². The topological polar surface area (TPSA) is 87.0 Å². The molecule has 8 nitrogen and oxygen atoms in total. The Kier molecular flexibility index (Phi) is 6.18. The summed E-state index contributed by atoms with van der Waals surface area (Å²) in [5.74, 6) is 1.19. The molecule has 2 aromatic rings. The molecule has 0 aliphatic carbocycles. The van der Waals surface area contributed by atoms with Crippen LogP contribution in [0, 0.1) is 6.92 Å². The number of hydrogen-bond donors (Lipinski definition) is 1. The van der Waals surface area contributed by atoms with Crippen LogP contribution < -0.4 is 14.8 Å². The fourth-order valence-corrected chi connectivity index (χ4v) is 3.21. The lowest BCUT2D eigenvalue weighted by atomic mass is 10.1. The molecule has 8 heteroatoms.